The van der Waals surface area contributed by atoms with Crippen molar-refractivity contribution in [1.82, 2.24) is 9.55 Å². The van der Waals surface area contributed by atoms with Crippen LogP contribution >= 0.6 is 20.0 Å². The van der Waals surface area contributed by atoms with E-state index in [9.17, 15) is 13.8 Å². The minimum atomic E-state index is -4.82. The number of phosphoric acid groups is 1. The van der Waals surface area contributed by atoms with Gasteiger partial charge in [0.25, 0.3) is 0 Å². The minimum absolute atomic E-state index is 0.0677. The third kappa shape index (κ3) is 4.07. The smallest absolute Gasteiger partial charge is 0.392 e. The first-order valence-corrected chi connectivity index (χ1v) is 8.09. The van der Waals surface area contributed by atoms with E-state index in [1.165, 1.54) is 6.20 Å². The fourth-order valence-electron chi connectivity index (χ4n) is 2.04. The summed E-state index contributed by atoms with van der Waals surface area (Å²) in [4.78, 5) is 31.3. The van der Waals surface area contributed by atoms with E-state index in [-0.39, 0.29) is 23.0 Å². The number of H-pyrrole nitrogens is 1. The molecule has 2 atom stereocenters. The quantitative estimate of drug-likeness (QED) is 0.442. The summed E-state index contributed by atoms with van der Waals surface area (Å²) in [7, 11) is -4.82. The van der Waals surface area contributed by atoms with Gasteiger partial charge in [0.1, 0.15) is 17.5 Å². The lowest BCUT2D eigenvalue weighted by Gasteiger charge is -2.21. The molecule has 9 nitrogen and oxygen atoms in total. The van der Waals surface area contributed by atoms with Crippen LogP contribution in [0.3, 0.4) is 0 Å². The van der Waals surface area contributed by atoms with Crippen LogP contribution in [-0.4, -0.2) is 36.9 Å². The number of hydrogen-bond donors (Lipinski definition) is 4. The molecule has 2 rings (SSSR count). The molecule has 1 aliphatic heterocycles. The molecule has 1 fully saturated rings. The van der Waals surface area contributed by atoms with E-state index in [0.717, 1.165) is 4.57 Å². The van der Waals surface area contributed by atoms with Crippen LogP contribution < -0.4 is 5.69 Å². The highest BCUT2D eigenvalue weighted by atomic mass is 32.1. The molecule has 22 heavy (non-hydrogen) atoms. The monoisotopic (exact) mass is 356 g/mol. The highest BCUT2D eigenvalue weighted by Gasteiger charge is 2.43. The molecule has 0 unspecified atom stereocenters. The SMILES string of the molecule is O=c1[nH]c(=S)c(CO)cn1[C@H]1CC[C@@](F)(COP(=O)(O)O)O1. The number of aromatic amines is 1. The summed E-state index contributed by atoms with van der Waals surface area (Å²) < 4.78 is 35.1. The van der Waals surface area contributed by atoms with E-state index in [1.54, 1.807) is 0 Å². The third-order valence-electron chi connectivity index (χ3n) is 3.08. The van der Waals surface area contributed by atoms with Gasteiger partial charge in [-0.2, -0.15) is 0 Å². The van der Waals surface area contributed by atoms with Crippen LogP contribution in [0.2, 0.25) is 0 Å². The lowest BCUT2D eigenvalue weighted by molar-refractivity contribution is -0.175. The van der Waals surface area contributed by atoms with Crippen LogP contribution in [0.1, 0.15) is 24.6 Å². The molecular weight excluding hydrogens is 342 g/mol. The van der Waals surface area contributed by atoms with E-state index in [0.29, 0.717) is 0 Å². The number of alkyl halides is 1. The van der Waals surface area contributed by atoms with Crippen molar-refractivity contribution in [3.05, 3.63) is 26.9 Å². The van der Waals surface area contributed by atoms with Gasteiger partial charge in [0.15, 0.2) is 0 Å². The van der Waals surface area contributed by atoms with Crippen LogP contribution in [0, 0.1) is 4.64 Å². The number of nitrogens with one attached hydrogen (secondary N) is 1. The topological polar surface area (TPSA) is 134 Å². The molecule has 4 N–H and O–H groups in total. The Bertz CT molecular complexity index is 716. The number of hydrogen-bond acceptors (Lipinski definition) is 6. The van der Waals surface area contributed by atoms with Gasteiger partial charge in [0.2, 0.25) is 5.85 Å². The number of ether oxygens (including phenoxy) is 1. The van der Waals surface area contributed by atoms with Gasteiger partial charge >= 0.3 is 13.5 Å². The zero-order valence-corrected chi connectivity index (χ0v) is 12.8. The Morgan fingerprint density at radius 3 is 2.91 bits per heavy atom. The molecule has 0 bridgehead atoms. The Balaban J connectivity index is 2.18. The number of aromatic nitrogens is 2. The van der Waals surface area contributed by atoms with Crippen molar-refractivity contribution in [1.29, 1.82) is 0 Å². The second-order valence-corrected chi connectivity index (χ2v) is 6.38. The number of rotatable bonds is 5. The van der Waals surface area contributed by atoms with Crippen molar-refractivity contribution < 1.29 is 33.1 Å². The number of phosphoric ester groups is 1. The number of aliphatic hydroxyl groups excluding tert-OH is 1. The molecule has 124 valence electrons. The van der Waals surface area contributed by atoms with Crippen molar-refractivity contribution >= 4 is 20.0 Å². The predicted octanol–water partition coefficient (Wildman–Crippen LogP) is 0.482. The first-order valence-electron chi connectivity index (χ1n) is 6.15. The Kier molecular flexibility index (Phi) is 4.97. The largest absolute Gasteiger partial charge is 0.469 e. The van der Waals surface area contributed by atoms with E-state index in [2.05, 4.69) is 9.51 Å². The van der Waals surface area contributed by atoms with E-state index < -0.39 is 38.8 Å². The van der Waals surface area contributed by atoms with Crippen LogP contribution in [0.25, 0.3) is 0 Å². The molecule has 0 amide bonds. The first-order chi connectivity index (χ1) is 10.1. The van der Waals surface area contributed by atoms with Crippen molar-refractivity contribution in [2.45, 2.75) is 31.5 Å². The van der Waals surface area contributed by atoms with Crippen molar-refractivity contribution in [3.63, 3.8) is 0 Å². The maximum absolute atomic E-state index is 14.3. The normalized spacial score (nSPS) is 25.5. The summed E-state index contributed by atoms with van der Waals surface area (Å²) >= 11 is 4.85. The fraction of sp³-hybridized carbons (Fsp3) is 0.600. The van der Waals surface area contributed by atoms with E-state index in [1.807, 2.05) is 0 Å². The average molecular weight is 356 g/mol. The molecule has 1 saturated heterocycles. The molecule has 0 spiro atoms. The van der Waals surface area contributed by atoms with Crippen LogP contribution in [0.4, 0.5) is 4.39 Å². The predicted molar refractivity (Wildman–Crippen MR) is 73.0 cm³/mol. The van der Waals surface area contributed by atoms with Gasteiger partial charge in [-0.25, -0.2) is 13.8 Å². The number of nitrogens with zero attached hydrogens (tertiary/aromatic N) is 1. The highest BCUT2D eigenvalue weighted by Crippen LogP contribution is 2.42. The van der Waals surface area contributed by atoms with Gasteiger partial charge in [0, 0.05) is 18.2 Å². The van der Waals surface area contributed by atoms with Gasteiger partial charge in [-0.3, -0.25) is 14.1 Å². The van der Waals surface area contributed by atoms with Crippen molar-refractivity contribution in [2.24, 2.45) is 0 Å². The van der Waals surface area contributed by atoms with Crippen LogP contribution in [0.15, 0.2) is 11.0 Å². The van der Waals surface area contributed by atoms with Crippen LogP contribution in [0.5, 0.6) is 0 Å². The number of aliphatic hydroxyl groups is 1. The molecule has 1 aliphatic rings. The summed E-state index contributed by atoms with van der Waals surface area (Å²) in [5.41, 5.74) is -0.381. The fourth-order valence-corrected chi connectivity index (χ4v) is 2.60. The maximum atomic E-state index is 14.3. The second-order valence-electron chi connectivity index (χ2n) is 4.74. The zero-order valence-electron chi connectivity index (χ0n) is 11.1. The van der Waals surface area contributed by atoms with Gasteiger partial charge in [-0.1, -0.05) is 12.2 Å². The van der Waals surface area contributed by atoms with Gasteiger partial charge in [-0.05, 0) is 6.42 Å². The molecule has 2 heterocycles. The molecule has 1 aromatic rings. The second kappa shape index (κ2) is 6.28. The summed E-state index contributed by atoms with van der Waals surface area (Å²) in [5, 5.41) is 9.13. The van der Waals surface area contributed by atoms with Crippen molar-refractivity contribution in [3.8, 4) is 0 Å². The molecule has 12 heteroatoms. The molecule has 1 aromatic heterocycles. The lowest BCUT2D eigenvalue weighted by Crippen LogP contribution is -2.32. The zero-order chi connectivity index (χ0) is 16.5. The highest BCUT2D eigenvalue weighted by molar-refractivity contribution is 7.71. The Hall–Kier alpha value is -0.940. The van der Waals surface area contributed by atoms with E-state index >= 15 is 0 Å². The lowest BCUT2D eigenvalue weighted by atomic mass is 10.2. The van der Waals surface area contributed by atoms with Crippen molar-refractivity contribution in [2.75, 3.05) is 6.61 Å². The Morgan fingerprint density at radius 1 is 1.64 bits per heavy atom. The van der Waals surface area contributed by atoms with E-state index in [4.69, 9.17) is 31.8 Å². The average Bonchev–Trinajstić information content (AvgIpc) is 2.79. The van der Waals surface area contributed by atoms with Crippen LogP contribution in [-0.2, 0) is 20.4 Å². The minimum Gasteiger partial charge on any atom is -0.392 e. The Labute approximate surface area is 128 Å². The molecule has 0 saturated carbocycles. The maximum Gasteiger partial charge on any atom is 0.469 e. The molecule has 0 aliphatic carbocycles. The molecular formula is C10H14FN2O7PS. The first kappa shape index (κ1) is 17.4. The van der Waals surface area contributed by atoms with Gasteiger partial charge < -0.3 is 19.6 Å². The summed E-state index contributed by atoms with van der Waals surface area (Å²) in [6, 6.07) is 0. The van der Waals surface area contributed by atoms with Gasteiger partial charge in [-0.15, -0.1) is 0 Å². The summed E-state index contributed by atoms with van der Waals surface area (Å²) in [6.45, 7) is -1.37. The Morgan fingerprint density at radius 2 is 2.32 bits per heavy atom. The third-order valence-corrected chi connectivity index (χ3v) is 3.91. The summed E-state index contributed by atoms with van der Waals surface area (Å²) in [6.07, 6.45) is 0.112. The standard InChI is InChI=1S/C10H14FN2O7PS/c11-10(5-19-21(16,17)18)2-1-7(20-10)13-3-6(4-14)8(22)12-9(13)15/h3,7,14H,1-2,4-5H2,(H,12,15,22)(H2,16,17,18)/t7-,10+/m1/s1. The number of halogens is 1. The summed E-state index contributed by atoms with van der Waals surface area (Å²) in [5.74, 6) is -2.42. The molecule has 0 aromatic carbocycles. The molecule has 0 radical (unpaired) electrons. The van der Waals surface area contributed by atoms with Gasteiger partial charge in [0.05, 0.1) is 6.61 Å².